The number of likely N-dealkylation sites (tertiary alicyclic amines) is 3. The van der Waals surface area contributed by atoms with E-state index < -0.39 is 18.0 Å². The monoisotopic (exact) mass is 424 g/mol. The minimum absolute atomic E-state index is 0.0175. The molecule has 5 atom stereocenters. The van der Waals surface area contributed by atoms with Crippen LogP contribution in [0.2, 0.25) is 0 Å². The lowest BCUT2D eigenvalue weighted by Crippen LogP contribution is -2.56. The molecule has 9 heteroatoms. The highest BCUT2D eigenvalue weighted by atomic mass is 16.2. The van der Waals surface area contributed by atoms with Crippen LogP contribution >= 0.6 is 0 Å². The van der Waals surface area contributed by atoms with E-state index in [0.29, 0.717) is 38.0 Å². The summed E-state index contributed by atoms with van der Waals surface area (Å²) in [6.07, 6.45) is 2.20. The van der Waals surface area contributed by atoms with Crippen molar-refractivity contribution in [3.05, 3.63) is 35.4 Å². The Balaban J connectivity index is 1.41. The van der Waals surface area contributed by atoms with E-state index in [4.69, 9.17) is 11.5 Å². The molecule has 4 unspecified atom stereocenters. The Labute approximate surface area is 181 Å². The summed E-state index contributed by atoms with van der Waals surface area (Å²) in [6, 6.07) is 7.64. The molecule has 3 aliphatic rings. The van der Waals surface area contributed by atoms with E-state index in [-0.39, 0.29) is 29.9 Å². The van der Waals surface area contributed by atoms with Crippen molar-refractivity contribution in [1.82, 2.24) is 14.7 Å². The molecule has 3 saturated heterocycles. The maximum Gasteiger partial charge on any atom is 0.248 e. The molecule has 0 spiro atoms. The minimum Gasteiger partial charge on any atom is -0.366 e. The molecular weight excluding hydrogens is 396 g/mol. The Morgan fingerprint density at radius 3 is 2.81 bits per heavy atom. The summed E-state index contributed by atoms with van der Waals surface area (Å²) >= 11 is 0. The van der Waals surface area contributed by atoms with E-state index in [9.17, 15) is 19.6 Å². The second-order valence-electron chi connectivity index (χ2n) is 8.70. The van der Waals surface area contributed by atoms with Gasteiger partial charge in [0, 0.05) is 31.2 Å². The van der Waals surface area contributed by atoms with E-state index in [2.05, 4.69) is 6.07 Å². The number of carbonyl (C=O) groups is 3. The van der Waals surface area contributed by atoms with E-state index >= 15 is 0 Å². The largest absolute Gasteiger partial charge is 0.366 e. The zero-order chi connectivity index (χ0) is 22.3. The fraction of sp³-hybridized carbons (Fsp3) is 0.545. The number of benzene rings is 1. The molecule has 3 amide bonds. The number of fused-ring (bicyclic) bond motifs is 2. The van der Waals surface area contributed by atoms with Crippen LogP contribution in [0, 0.1) is 11.3 Å². The molecule has 3 heterocycles. The first-order chi connectivity index (χ1) is 14.8. The summed E-state index contributed by atoms with van der Waals surface area (Å²) in [7, 11) is 0. The van der Waals surface area contributed by atoms with Gasteiger partial charge in [0.15, 0.2) is 0 Å². The summed E-state index contributed by atoms with van der Waals surface area (Å²) in [6.45, 7) is 3.47. The van der Waals surface area contributed by atoms with Crippen molar-refractivity contribution in [2.45, 2.75) is 56.4 Å². The highest BCUT2D eigenvalue weighted by molar-refractivity contribution is 5.93. The predicted octanol–water partition coefficient (Wildman–Crippen LogP) is -0.0265. The number of rotatable bonds is 6. The van der Waals surface area contributed by atoms with Crippen LogP contribution in [0.3, 0.4) is 0 Å². The van der Waals surface area contributed by atoms with Gasteiger partial charge < -0.3 is 21.3 Å². The van der Waals surface area contributed by atoms with Crippen LogP contribution in [-0.2, 0) is 9.59 Å². The number of nitrogens with zero attached hydrogens (tertiary/aromatic N) is 4. The standard InChI is InChI=1S/C22H28N6O3/c1-13(14-4-2-5-15(8-14)20(25)29)28-17-9-19(22(28)31)26(11-17)12-18(24)21(30)27-7-3-6-16(27)10-23/h2,4-5,8,13,16-19H,3,6-7,9,11-12,24H2,1H3,(H2,25,29)/t13?,16?,17-,18?,19?/m0/s1. The average molecular weight is 425 g/mol. The maximum absolute atomic E-state index is 13.1. The fourth-order valence-electron chi connectivity index (χ4n) is 5.22. The molecule has 1 aromatic carbocycles. The molecule has 1 aromatic rings. The van der Waals surface area contributed by atoms with Crippen molar-refractivity contribution in [2.75, 3.05) is 19.6 Å². The zero-order valence-electron chi connectivity index (χ0n) is 17.6. The van der Waals surface area contributed by atoms with Crippen LogP contribution in [0.15, 0.2) is 24.3 Å². The highest BCUT2D eigenvalue weighted by Gasteiger charge is 2.51. The Bertz CT molecular complexity index is 943. The SMILES string of the molecule is CC(c1cccc(C(N)=O)c1)N1C(=O)C2C[C@H]1CN2CC(N)C(=O)N1CCCC1C#N. The number of amides is 3. The lowest BCUT2D eigenvalue weighted by atomic mass is 10.0. The molecule has 0 aliphatic carbocycles. The number of nitrogens with two attached hydrogens (primary N) is 2. The molecule has 2 bridgehead atoms. The van der Waals surface area contributed by atoms with Crippen LogP contribution < -0.4 is 11.5 Å². The summed E-state index contributed by atoms with van der Waals surface area (Å²) in [5.41, 5.74) is 12.9. The minimum atomic E-state index is -0.751. The topological polar surface area (TPSA) is 137 Å². The van der Waals surface area contributed by atoms with Crippen molar-refractivity contribution in [3.63, 3.8) is 0 Å². The van der Waals surface area contributed by atoms with Gasteiger partial charge in [-0.3, -0.25) is 19.3 Å². The van der Waals surface area contributed by atoms with Gasteiger partial charge in [-0.25, -0.2) is 0 Å². The number of piperazine rings is 1. The third-order valence-electron chi connectivity index (χ3n) is 6.82. The van der Waals surface area contributed by atoms with Crippen LogP contribution in [0.25, 0.3) is 0 Å². The summed E-state index contributed by atoms with van der Waals surface area (Å²) in [4.78, 5) is 42.8. The van der Waals surface area contributed by atoms with Gasteiger partial charge in [-0.1, -0.05) is 12.1 Å². The maximum atomic E-state index is 13.1. The van der Waals surface area contributed by atoms with Crippen molar-refractivity contribution < 1.29 is 14.4 Å². The molecular formula is C22H28N6O3. The second-order valence-corrected chi connectivity index (χ2v) is 8.70. The Hall–Kier alpha value is -2.96. The summed E-state index contributed by atoms with van der Waals surface area (Å²) in [5.74, 6) is -0.693. The lowest BCUT2D eigenvalue weighted by molar-refractivity contribution is -0.140. The average Bonchev–Trinajstić information content (AvgIpc) is 3.47. The van der Waals surface area contributed by atoms with E-state index in [1.54, 1.807) is 23.1 Å². The molecule has 4 rings (SSSR count). The Morgan fingerprint density at radius 1 is 1.35 bits per heavy atom. The van der Waals surface area contributed by atoms with Crippen molar-refractivity contribution in [2.24, 2.45) is 11.5 Å². The first-order valence-electron chi connectivity index (χ1n) is 10.7. The van der Waals surface area contributed by atoms with Gasteiger partial charge in [-0.15, -0.1) is 0 Å². The first-order valence-corrected chi connectivity index (χ1v) is 10.7. The number of hydrogen-bond donors (Lipinski definition) is 2. The summed E-state index contributed by atoms with van der Waals surface area (Å²) < 4.78 is 0. The van der Waals surface area contributed by atoms with Crippen molar-refractivity contribution in [1.29, 1.82) is 5.26 Å². The van der Waals surface area contributed by atoms with Crippen molar-refractivity contribution in [3.8, 4) is 6.07 Å². The van der Waals surface area contributed by atoms with Crippen LogP contribution in [0.4, 0.5) is 0 Å². The van der Waals surface area contributed by atoms with E-state index in [1.165, 1.54) is 0 Å². The first kappa shape index (κ1) is 21.3. The molecule has 4 N–H and O–H groups in total. The van der Waals surface area contributed by atoms with Crippen LogP contribution in [-0.4, -0.2) is 76.2 Å². The third-order valence-corrected chi connectivity index (χ3v) is 6.82. The summed E-state index contributed by atoms with van der Waals surface area (Å²) in [5, 5.41) is 9.22. The fourth-order valence-corrected chi connectivity index (χ4v) is 5.22. The predicted molar refractivity (Wildman–Crippen MR) is 112 cm³/mol. The second kappa shape index (κ2) is 8.29. The Morgan fingerprint density at radius 2 is 2.13 bits per heavy atom. The zero-order valence-corrected chi connectivity index (χ0v) is 17.6. The van der Waals surface area contributed by atoms with Gasteiger partial charge in [-0.05, 0) is 43.9 Å². The molecule has 164 valence electrons. The van der Waals surface area contributed by atoms with E-state index in [1.807, 2.05) is 22.8 Å². The molecule has 3 fully saturated rings. The Kier molecular flexibility index (Phi) is 5.69. The quantitative estimate of drug-likeness (QED) is 0.658. The van der Waals surface area contributed by atoms with Crippen molar-refractivity contribution >= 4 is 17.7 Å². The van der Waals surface area contributed by atoms with Crippen LogP contribution in [0.1, 0.15) is 48.1 Å². The van der Waals surface area contributed by atoms with E-state index in [0.717, 1.165) is 12.0 Å². The van der Waals surface area contributed by atoms with Gasteiger partial charge >= 0.3 is 0 Å². The smallest absolute Gasteiger partial charge is 0.248 e. The molecule has 0 saturated carbocycles. The van der Waals surface area contributed by atoms with Gasteiger partial charge in [-0.2, -0.15) is 5.26 Å². The number of carbonyl (C=O) groups excluding carboxylic acids is 3. The molecule has 3 aliphatic heterocycles. The third kappa shape index (κ3) is 3.77. The van der Waals surface area contributed by atoms with Gasteiger partial charge in [0.25, 0.3) is 0 Å². The number of primary amides is 1. The molecule has 31 heavy (non-hydrogen) atoms. The van der Waals surface area contributed by atoms with Crippen LogP contribution in [0.5, 0.6) is 0 Å². The van der Waals surface area contributed by atoms with Gasteiger partial charge in [0.1, 0.15) is 6.04 Å². The van der Waals surface area contributed by atoms with Gasteiger partial charge in [0.05, 0.1) is 24.2 Å². The number of hydrogen-bond acceptors (Lipinski definition) is 6. The molecule has 0 radical (unpaired) electrons. The number of nitriles is 1. The normalized spacial score (nSPS) is 27.4. The lowest BCUT2D eigenvalue weighted by Gasteiger charge is -2.38. The molecule has 0 aromatic heterocycles. The van der Waals surface area contributed by atoms with Gasteiger partial charge in [0.2, 0.25) is 17.7 Å². The molecule has 9 nitrogen and oxygen atoms in total. The highest BCUT2D eigenvalue weighted by Crippen LogP contribution is 2.38.